The first-order valence-corrected chi connectivity index (χ1v) is 22.1. The number of nitrogens with one attached hydrogen (secondary N) is 3. The van der Waals surface area contributed by atoms with Gasteiger partial charge in [-0.1, -0.05) is 23.7 Å². The van der Waals surface area contributed by atoms with Crippen molar-refractivity contribution in [2.24, 2.45) is 25.9 Å². The van der Waals surface area contributed by atoms with E-state index in [1.54, 1.807) is 18.0 Å². The molecule has 4 fully saturated rings. The SMILES string of the molecule is Cn1nc(C2CCC(=O)NC2=O)c2ccc(C3CCN(C[C@@H]4CCN(c5ncc(Cl)c(Nc6cc7c8c(c(=O)n(C)c7cc6F)OCC(F)(F)[C@H](C6CC6)N8)n5)C[C@@H]4F)CC3)c(F)c21. The van der Waals surface area contributed by atoms with Crippen molar-refractivity contribution in [3.05, 3.63) is 68.7 Å². The molecular weight excluding hydrogens is 863 g/mol. The van der Waals surface area contributed by atoms with E-state index in [2.05, 4.69) is 35.9 Å². The van der Waals surface area contributed by atoms with Crippen LogP contribution in [0.4, 0.5) is 45.1 Å². The lowest BCUT2D eigenvalue weighted by Gasteiger charge is -2.39. The number of hydrogen-bond donors (Lipinski definition) is 3. The lowest BCUT2D eigenvalue weighted by Crippen LogP contribution is -2.47. The Balaban J connectivity index is 0.794. The molecule has 4 aliphatic heterocycles. The van der Waals surface area contributed by atoms with Gasteiger partial charge in [0.2, 0.25) is 23.5 Å². The number of benzene rings is 2. The summed E-state index contributed by atoms with van der Waals surface area (Å²) >= 11 is 6.50. The number of rotatable bonds is 8. The van der Waals surface area contributed by atoms with Crippen molar-refractivity contribution in [1.82, 2.24) is 34.5 Å². The maximum absolute atomic E-state index is 16.2. The van der Waals surface area contributed by atoms with Crippen molar-refractivity contribution in [2.45, 2.75) is 74.9 Å². The van der Waals surface area contributed by atoms with Gasteiger partial charge in [-0.2, -0.15) is 10.1 Å². The summed E-state index contributed by atoms with van der Waals surface area (Å²) in [6.07, 6.45) is 3.74. The highest BCUT2D eigenvalue weighted by atomic mass is 35.5. The number of alkyl halides is 3. The van der Waals surface area contributed by atoms with E-state index >= 15 is 22.0 Å². The lowest BCUT2D eigenvalue weighted by molar-refractivity contribution is -0.134. The molecule has 5 aliphatic rings. The highest BCUT2D eigenvalue weighted by molar-refractivity contribution is 6.33. The molecule has 0 bridgehead atoms. The van der Waals surface area contributed by atoms with Gasteiger partial charge < -0.3 is 29.7 Å². The van der Waals surface area contributed by atoms with Crippen LogP contribution in [0.15, 0.2) is 35.3 Å². The van der Waals surface area contributed by atoms with Crippen LogP contribution in [0.1, 0.15) is 68.0 Å². The van der Waals surface area contributed by atoms with Crippen molar-refractivity contribution in [1.29, 1.82) is 0 Å². The van der Waals surface area contributed by atoms with Crippen LogP contribution in [0, 0.1) is 23.5 Å². The fourth-order valence-electron chi connectivity index (χ4n) is 10.0. The number of piperidine rings is 3. The number of imide groups is 1. The van der Waals surface area contributed by atoms with Gasteiger partial charge in [-0.05, 0) is 75.1 Å². The monoisotopic (exact) mass is 908 g/mol. The zero-order valence-corrected chi connectivity index (χ0v) is 35.8. The predicted molar refractivity (Wildman–Crippen MR) is 229 cm³/mol. The summed E-state index contributed by atoms with van der Waals surface area (Å²) in [5.41, 5.74) is 0.835. The Hall–Kier alpha value is -5.56. The van der Waals surface area contributed by atoms with Crippen LogP contribution in [-0.2, 0) is 23.7 Å². The van der Waals surface area contributed by atoms with Crippen LogP contribution in [0.25, 0.3) is 21.8 Å². The molecule has 3 saturated heterocycles. The first-order chi connectivity index (χ1) is 30.6. The predicted octanol–water partition coefficient (Wildman–Crippen LogP) is 6.67. The number of fused-ring (bicyclic) bond motifs is 4. The van der Waals surface area contributed by atoms with Crippen molar-refractivity contribution >= 4 is 68.4 Å². The second kappa shape index (κ2) is 16.2. The summed E-state index contributed by atoms with van der Waals surface area (Å²) in [6, 6.07) is 4.86. The molecule has 3 aromatic heterocycles. The minimum atomic E-state index is -3.25. The first-order valence-electron chi connectivity index (χ1n) is 21.7. The van der Waals surface area contributed by atoms with Crippen LogP contribution in [0.3, 0.4) is 0 Å². The van der Waals surface area contributed by atoms with E-state index in [1.807, 2.05) is 6.07 Å². The molecule has 64 heavy (non-hydrogen) atoms. The molecule has 20 heteroatoms. The van der Waals surface area contributed by atoms with Gasteiger partial charge in [0.1, 0.15) is 22.5 Å². The molecule has 0 radical (unpaired) electrons. The molecule has 3 N–H and O–H groups in total. The molecule has 10 rings (SSSR count). The molecule has 1 saturated carbocycles. The van der Waals surface area contributed by atoms with Crippen LogP contribution in [-0.4, -0.2) is 98.5 Å². The maximum atomic E-state index is 16.2. The van der Waals surface area contributed by atoms with Crippen LogP contribution >= 0.6 is 11.6 Å². The summed E-state index contributed by atoms with van der Waals surface area (Å²) in [7, 11) is 3.07. The van der Waals surface area contributed by atoms with E-state index in [9.17, 15) is 14.4 Å². The Bertz CT molecular complexity index is 2780. The minimum absolute atomic E-state index is 0.0158. The fourth-order valence-corrected chi connectivity index (χ4v) is 10.2. The number of carbonyl (C=O) groups excluding carboxylic acids is 2. The Morgan fingerprint density at radius 3 is 2.52 bits per heavy atom. The van der Waals surface area contributed by atoms with E-state index in [-0.39, 0.29) is 87.3 Å². The zero-order chi connectivity index (χ0) is 44.8. The van der Waals surface area contributed by atoms with Crippen molar-refractivity contribution < 1.29 is 36.3 Å². The summed E-state index contributed by atoms with van der Waals surface area (Å²) in [5.74, 6) is -6.40. The normalized spacial score (nSPS) is 24.3. The molecule has 4 atom stereocenters. The Kier molecular flexibility index (Phi) is 10.7. The van der Waals surface area contributed by atoms with Gasteiger partial charge in [0.15, 0.2) is 18.2 Å². The molecule has 5 aromatic rings. The lowest BCUT2D eigenvalue weighted by atomic mass is 9.86. The van der Waals surface area contributed by atoms with Crippen LogP contribution < -0.4 is 31.1 Å². The van der Waals surface area contributed by atoms with Crippen LogP contribution in [0.2, 0.25) is 5.02 Å². The van der Waals surface area contributed by atoms with Crippen molar-refractivity contribution in [2.75, 3.05) is 54.9 Å². The average Bonchev–Trinajstić information content (AvgIpc) is 4.06. The molecule has 7 heterocycles. The summed E-state index contributed by atoms with van der Waals surface area (Å²) in [5, 5.41) is 13.6. The van der Waals surface area contributed by atoms with Gasteiger partial charge in [-0.15, -0.1) is 0 Å². The second-order valence-electron chi connectivity index (χ2n) is 17.9. The molecular formula is C44H46ClF5N10O4. The van der Waals surface area contributed by atoms with Gasteiger partial charge in [-0.3, -0.25) is 24.4 Å². The summed E-state index contributed by atoms with van der Waals surface area (Å²) in [6.45, 7) is 1.36. The van der Waals surface area contributed by atoms with Gasteiger partial charge in [0.25, 0.3) is 5.56 Å². The highest BCUT2D eigenvalue weighted by Crippen LogP contribution is 2.46. The number of aryl methyl sites for hydroxylation is 2. The van der Waals surface area contributed by atoms with E-state index in [1.165, 1.54) is 24.0 Å². The molecule has 338 valence electrons. The number of hydrogen-bond acceptors (Lipinski definition) is 11. The highest BCUT2D eigenvalue weighted by Gasteiger charge is 2.51. The Labute approximate surface area is 368 Å². The third-order valence-electron chi connectivity index (χ3n) is 13.7. The number of amides is 2. The maximum Gasteiger partial charge on any atom is 0.301 e. The standard InChI is InChI=1S/C44H46ClF5N10O4/c1-57-32-16-29(46)31(15-27(32)36-38(42(57)63)64-20-44(49,50)39(54-36)22-3-4-22)52-40-28(45)17-51-43(55-40)60-14-11-23(30(47)19-60)18-59-12-9-21(10-13-59)24-5-6-25-35(56-58(2)37(25)34(24)48)26-7-8-33(61)53-41(26)62/h5-6,15-17,21-23,26,30,39,54H,3-4,7-14,18-20H2,1-2H3,(H,51,52,55)(H,53,61,62)/t23-,26?,30-,39-/m0/s1. The molecule has 1 aliphatic carbocycles. The van der Waals surface area contributed by atoms with Gasteiger partial charge in [-0.25, -0.2) is 26.9 Å². The third kappa shape index (κ3) is 7.56. The van der Waals surface area contributed by atoms with E-state index < -0.39 is 47.9 Å². The van der Waals surface area contributed by atoms with Crippen LogP contribution in [0.5, 0.6) is 5.75 Å². The summed E-state index contributed by atoms with van der Waals surface area (Å²) in [4.78, 5) is 50.4. The largest absolute Gasteiger partial charge is 0.480 e. The van der Waals surface area contributed by atoms with Gasteiger partial charge in [0, 0.05) is 56.4 Å². The van der Waals surface area contributed by atoms with E-state index in [0.717, 1.165) is 10.6 Å². The van der Waals surface area contributed by atoms with E-state index in [4.69, 9.17) is 16.3 Å². The van der Waals surface area contributed by atoms with Gasteiger partial charge in [0.05, 0.1) is 47.3 Å². The molecule has 14 nitrogen and oxygen atoms in total. The Morgan fingerprint density at radius 2 is 1.78 bits per heavy atom. The number of pyridine rings is 1. The first kappa shape index (κ1) is 42.4. The number of ether oxygens (including phenoxy) is 1. The number of anilines is 4. The van der Waals surface area contributed by atoms with Crippen molar-refractivity contribution in [3.63, 3.8) is 0 Å². The van der Waals surface area contributed by atoms with E-state index in [0.29, 0.717) is 86.9 Å². The third-order valence-corrected chi connectivity index (χ3v) is 14.0. The smallest absolute Gasteiger partial charge is 0.301 e. The molecule has 1 unspecified atom stereocenters. The number of aromatic nitrogens is 5. The average molecular weight is 909 g/mol. The molecule has 0 spiro atoms. The van der Waals surface area contributed by atoms with Crippen molar-refractivity contribution in [3.8, 4) is 5.75 Å². The second-order valence-corrected chi connectivity index (χ2v) is 18.3. The number of carbonyl (C=O) groups is 2. The number of nitrogens with zero attached hydrogens (tertiary/aromatic N) is 7. The molecule has 2 aromatic carbocycles. The Morgan fingerprint density at radius 1 is 1.00 bits per heavy atom. The number of likely N-dealkylation sites (tertiary alicyclic amines) is 1. The quantitative estimate of drug-likeness (QED) is 0.113. The number of halogens is 6. The fraction of sp³-hybridized carbons (Fsp3) is 0.500. The minimum Gasteiger partial charge on any atom is -0.480 e. The molecule has 2 amide bonds. The topological polar surface area (TPSA) is 152 Å². The summed E-state index contributed by atoms with van der Waals surface area (Å²) < 4.78 is 86.3. The van der Waals surface area contributed by atoms with Gasteiger partial charge >= 0.3 is 5.92 Å². The zero-order valence-electron chi connectivity index (χ0n) is 35.1.